The van der Waals surface area contributed by atoms with Crippen LogP contribution in [0.15, 0.2) is 59.5 Å². The number of aromatic nitrogens is 2. The smallest absolute Gasteiger partial charge is 0.259 e. The van der Waals surface area contributed by atoms with Gasteiger partial charge >= 0.3 is 0 Å². The van der Waals surface area contributed by atoms with Crippen LogP contribution < -0.4 is 4.90 Å². The Morgan fingerprint density at radius 3 is 2.46 bits per heavy atom. The average Bonchev–Trinajstić information content (AvgIpc) is 3.03. The summed E-state index contributed by atoms with van der Waals surface area (Å²) in [6.45, 7) is 3.10. The van der Waals surface area contributed by atoms with Crippen LogP contribution in [0.3, 0.4) is 0 Å². The molecule has 144 valence electrons. The fourth-order valence-electron chi connectivity index (χ4n) is 3.73. The molecule has 6 nitrogen and oxygen atoms in total. The number of carbonyl (C=O) groups is 1. The predicted molar refractivity (Wildman–Crippen MR) is 108 cm³/mol. The Balaban J connectivity index is 1.91. The number of hydrogen-bond acceptors (Lipinski definition) is 4. The van der Waals surface area contributed by atoms with Gasteiger partial charge in [-0.2, -0.15) is 5.10 Å². The van der Waals surface area contributed by atoms with Crippen molar-refractivity contribution in [2.75, 3.05) is 17.7 Å². The molecule has 28 heavy (non-hydrogen) atoms. The van der Waals surface area contributed by atoms with Crippen LogP contribution in [-0.2, 0) is 21.0 Å². The van der Waals surface area contributed by atoms with Crippen molar-refractivity contribution in [1.29, 1.82) is 0 Å². The van der Waals surface area contributed by atoms with Crippen molar-refractivity contribution in [2.24, 2.45) is 0 Å². The first-order valence-corrected chi connectivity index (χ1v) is 11.0. The van der Waals surface area contributed by atoms with E-state index in [9.17, 15) is 13.6 Å². The van der Waals surface area contributed by atoms with Gasteiger partial charge < -0.3 is 4.55 Å². The minimum absolute atomic E-state index is 0.112. The second-order valence-electron chi connectivity index (χ2n) is 6.95. The first-order valence-electron chi connectivity index (χ1n) is 9.11. The molecule has 2 heterocycles. The van der Waals surface area contributed by atoms with Gasteiger partial charge in [0.2, 0.25) is 0 Å². The fourth-order valence-corrected chi connectivity index (χ4v) is 4.63. The molecule has 2 aromatic carbocycles. The van der Waals surface area contributed by atoms with Gasteiger partial charge in [-0.05, 0) is 37.6 Å². The van der Waals surface area contributed by atoms with Crippen LogP contribution in [0.5, 0.6) is 0 Å². The molecule has 0 fully saturated rings. The maximum absolute atomic E-state index is 13.2. The highest BCUT2D eigenvalue weighted by Gasteiger charge is 2.32. The van der Waals surface area contributed by atoms with E-state index < -0.39 is 10.2 Å². The Morgan fingerprint density at radius 2 is 1.75 bits per heavy atom. The molecular formula is C21H21N3O3S. The first-order chi connectivity index (χ1) is 13.4. The largest absolute Gasteiger partial charge is 0.610 e. The lowest BCUT2D eigenvalue weighted by Gasteiger charge is -2.29. The molecule has 1 aromatic heterocycles. The molecule has 0 bridgehead atoms. The highest BCUT2D eigenvalue weighted by Crippen LogP contribution is 2.40. The number of nitrogens with zero attached hydrogens (tertiary/aromatic N) is 3. The lowest BCUT2D eigenvalue weighted by atomic mass is 10.0. The number of aryl methyl sites for hydroxylation is 2. The van der Waals surface area contributed by atoms with Gasteiger partial charge in [-0.1, -0.05) is 30.3 Å². The normalized spacial score (nSPS) is 15.8. The van der Waals surface area contributed by atoms with Gasteiger partial charge in [0.25, 0.3) is 5.91 Å². The third kappa shape index (κ3) is 3.16. The molecule has 0 saturated heterocycles. The molecule has 4 rings (SSSR count). The third-order valence-corrected chi connectivity index (χ3v) is 6.08. The molecule has 3 aromatic rings. The van der Waals surface area contributed by atoms with Gasteiger partial charge in [-0.3, -0.25) is 9.69 Å². The summed E-state index contributed by atoms with van der Waals surface area (Å²) < 4.78 is 26.5. The number of amides is 1. The number of rotatable bonds is 3. The fraction of sp³-hybridized carbons (Fsp3) is 0.238. The summed E-state index contributed by atoms with van der Waals surface area (Å²) in [5.41, 5.74) is 2.58. The Morgan fingerprint density at radius 1 is 1.07 bits per heavy atom. The molecule has 0 saturated carbocycles. The maximum Gasteiger partial charge on any atom is 0.259 e. The van der Waals surface area contributed by atoms with Crippen molar-refractivity contribution in [1.82, 2.24) is 9.78 Å². The van der Waals surface area contributed by atoms with E-state index in [1.165, 1.54) is 6.26 Å². The van der Waals surface area contributed by atoms with E-state index >= 15 is 0 Å². The Labute approximate surface area is 165 Å². The Bertz CT molecular complexity index is 1090. The quantitative estimate of drug-likeness (QED) is 0.636. The molecule has 0 aliphatic carbocycles. The molecular weight excluding hydrogens is 374 g/mol. The lowest BCUT2D eigenvalue weighted by Crippen LogP contribution is -2.38. The van der Waals surface area contributed by atoms with Crippen molar-refractivity contribution in [3.05, 3.63) is 65.9 Å². The molecule has 1 atom stereocenters. The third-order valence-electron chi connectivity index (χ3n) is 4.93. The summed E-state index contributed by atoms with van der Waals surface area (Å²) in [6.07, 6.45) is 1.99. The molecule has 7 heteroatoms. The molecule has 1 aliphatic heterocycles. The van der Waals surface area contributed by atoms with Crippen molar-refractivity contribution in [3.8, 4) is 11.1 Å². The van der Waals surface area contributed by atoms with Gasteiger partial charge in [0.15, 0.2) is 4.90 Å². The summed E-state index contributed by atoms with van der Waals surface area (Å²) in [4.78, 5) is 15.2. The van der Waals surface area contributed by atoms with E-state index in [4.69, 9.17) is 0 Å². The van der Waals surface area contributed by atoms with Crippen LogP contribution in [0.1, 0.15) is 22.5 Å². The molecule has 1 aliphatic rings. The van der Waals surface area contributed by atoms with Gasteiger partial charge in [0, 0.05) is 24.2 Å². The number of sulfone groups is 1. The summed E-state index contributed by atoms with van der Waals surface area (Å²) in [7, 11) is -3.43. The van der Waals surface area contributed by atoms with Gasteiger partial charge in [0.05, 0.1) is 21.5 Å². The SMILES string of the molecule is Cc1nn2c(c1-c1ccccc1[S+](C)(=O)[O-])N(C(=O)c1ccccc1)CCC2. The van der Waals surface area contributed by atoms with Crippen LogP contribution in [-0.4, -0.2) is 33.0 Å². The number of hydrogen-bond donors (Lipinski definition) is 0. The van der Waals surface area contributed by atoms with Crippen molar-refractivity contribution >= 4 is 21.9 Å². The number of benzene rings is 2. The standard InChI is InChI=1S/C21H21N3O3S/c1-15-19(17-11-6-7-12-18(17)28(2,26)27)20-23(13-8-14-24(20)22-15)21(25)16-9-4-3-5-10-16/h3-7,9-12H,8,13-14H2,1-2H3. The Kier molecular flexibility index (Phi) is 4.64. The topological polar surface area (TPSA) is 78.3 Å². The van der Waals surface area contributed by atoms with Gasteiger partial charge in [-0.15, -0.1) is 4.21 Å². The van der Waals surface area contributed by atoms with Crippen LogP contribution in [0.4, 0.5) is 5.82 Å². The number of carbonyl (C=O) groups excluding carboxylic acids is 1. The predicted octanol–water partition coefficient (Wildman–Crippen LogP) is 3.53. The molecule has 1 amide bonds. The summed E-state index contributed by atoms with van der Waals surface area (Å²) >= 11 is 0. The first kappa shape index (κ1) is 18.6. The highest BCUT2D eigenvalue weighted by molar-refractivity contribution is 7.97. The lowest BCUT2D eigenvalue weighted by molar-refractivity contribution is 0.0981. The van der Waals surface area contributed by atoms with E-state index in [0.717, 1.165) is 6.42 Å². The van der Waals surface area contributed by atoms with E-state index in [0.29, 0.717) is 41.3 Å². The van der Waals surface area contributed by atoms with Crippen LogP contribution in [0, 0.1) is 6.92 Å². The van der Waals surface area contributed by atoms with E-state index in [1.54, 1.807) is 41.3 Å². The average molecular weight is 395 g/mol. The summed E-state index contributed by atoms with van der Waals surface area (Å²) in [5, 5.41) is 4.60. The molecule has 0 radical (unpaired) electrons. The van der Waals surface area contributed by atoms with Crippen molar-refractivity contribution in [2.45, 2.75) is 24.8 Å². The summed E-state index contributed by atoms with van der Waals surface area (Å²) in [5.74, 6) is 0.549. The molecule has 0 spiro atoms. The van der Waals surface area contributed by atoms with Crippen LogP contribution >= 0.6 is 0 Å². The number of anilines is 1. The minimum atomic E-state index is -3.43. The van der Waals surface area contributed by atoms with E-state index in [2.05, 4.69) is 5.10 Å². The van der Waals surface area contributed by atoms with Gasteiger partial charge in [-0.25, -0.2) is 4.68 Å². The minimum Gasteiger partial charge on any atom is -0.610 e. The van der Waals surface area contributed by atoms with Crippen LogP contribution in [0.2, 0.25) is 0 Å². The van der Waals surface area contributed by atoms with E-state index in [-0.39, 0.29) is 10.8 Å². The van der Waals surface area contributed by atoms with E-state index in [1.807, 2.05) is 29.8 Å². The zero-order valence-electron chi connectivity index (χ0n) is 15.8. The Hall–Kier alpha value is -2.77. The zero-order chi connectivity index (χ0) is 19.9. The van der Waals surface area contributed by atoms with Crippen LogP contribution in [0.25, 0.3) is 11.1 Å². The maximum atomic E-state index is 13.2. The number of fused-ring (bicyclic) bond motifs is 1. The van der Waals surface area contributed by atoms with Crippen molar-refractivity contribution in [3.63, 3.8) is 0 Å². The second kappa shape index (κ2) is 7.00. The van der Waals surface area contributed by atoms with Gasteiger partial charge in [0.1, 0.15) is 12.1 Å². The summed E-state index contributed by atoms with van der Waals surface area (Å²) in [6, 6.07) is 16.0. The highest BCUT2D eigenvalue weighted by atomic mass is 32.3. The second-order valence-corrected chi connectivity index (χ2v) is 8.94. The zero-order valence-corrected chi connectivity index (χ0v) is 16.6. The molecule has 1 unspecified atom stereocenters. The monoisotopic (exact) mass is 395 g/mol. The molecule has 0 N–H and O–H groups in total. The van der Waals surface area contributed by atoms with Crippen molar-refractivity contribution < 1.29 is 13.6 Å².